The van der Waals surface area contributed by atoms with Crippen molar-refractivity contribution in [2.75, 3.05) is 26.2 Å². The van der Waals surface area contributed by atoms with Crippen LogP contribution in [0.25, 0.3) is 0 Å². The van der Waals surface area contributed by atoms with Crippen molar-refractivity contribution in [2.24, 2.45) is 0 Å². The monoisotopic (exact) mass is 359 g/mol. The lowest BCUT2D eigenvalue weighted by Crippen LogP contribution is -2.44. The summed E-state index contributed by atoms with van der Waals surface area (Å²) in [5.74, 6) is 0.425. The van der Waals surface area contributed by atoms with E-state index in [0.29, 0.717) is 44.6 Å². The van der Waals surface area contributed by atoms with Gasteiger partial charge in [-0.2, -0.15) is 0 Å². The molecule has 1 atom stereocenters. The van der Waals surface area contributed by atoms with E-state index in [0.717, 1.165) is 11.3 Å². The first-order valence-corrected chi connectivity index (χ1v) is 9.12. The van der Waals surface area contributed by atoms with Gasteiger partial charge in [0.15, 0.2) is 0 Å². The standard InChI is InChI=1S/C21H26FNO3/c1-2-26-17-9-7-16(8-10-17)20(24)15-23-13-11-21(25,12-14-23)18-5-3-4-6-19(18)22/h3-10,20,24-25H,2,11-15H2,1H3. The molecule has 1 fully saturated rings. The third-order valence-corrected chi connectivity index (χ3v) is 5.07. The predicted octanol–water partition coefficient (Wildman–Crippen LogP) is 3.24. The summed E-state index contributed by atoms with van der Waals surface area (Å²) in [4.78, 5) is 2.11. The highest BCUT2D eigenvalue weighted by atomic mass is 19.1. The van der Waals surface area contributed by atoms with Gasteiger partial charge in [-0.1, -0.05) is 30.3 Å². The fourth-order valence-corrected chi connectivity index (χ4v) is 3.52. The van der Waals surface area contributed by atoms with E-state index in [1.165, 1.54) is 6.07 Å². The van der Waals surface area contributed by atoms with Crippen molar-refractivity contribution in [1.29, 1.82) is 0 Å². The molecule has 1 heterocycles. The normalized spacial score (nSPS) is 18.5. The number of piperidine rings is 1. The van der Waals surface area contributed by atoms with Crippen LogP contribution in [-0.2, 0) is 5.60 Å². The lowest BCUT2D eigenvalue weighted by molar-refractivity contribution is -0.0367. The van der Waals surface area contributed by atoms with Crippen LogP contribution in [0.5, 0.6) is 5.75 Å². The average Bonchev–Trinajstić information content (AvgIpc) is 2.65. The molecule has 1 saturated heterocycles. The zero-order valence-corrected chi connectivity index (χ0v) is 15.1. The molecule has 4 nitrogen and oxygen atoms in total. The molecule has 1 unspecified atom stereocenters. The van der Waals surface area contributed by atoms with E-state index in [-0.39, 0.29) is 5.82 Å². The molecule has 0 amide bonds. The molecular weight excluding hydrogens is 333 g/mol. The van der Waals surface area contributed by atoms with Crippen molar-refractivity contribution in [3.63, 3.8) is 0 Å². The third kappa shape index (κ3) is 4.23. The fourth-order valence-electron chi connectivity index (χ4n) is 3.52. The van der Waals surface area contributed by atoms with Gasteiger partial charge in [0.1, 0.15) is 11.6 Å². The van der Waals surface area contributed by atoms with Crippen LogP contribution in [0.4, 0.5) is 4.39 Å². The van der Waals surface area contributed by atoms with Gasteiger partial charge in [-0.3, -0.25) is 0 Å². The van der Waals surface area contributed by atoms with Gasteiger partial charge in [0.25, 0.3) is 0 Å². The van der Waals surface area contributed by atoms with Crippen molar-refractivity contribution in [1.82, 2.24) is 4.90 Å². The molecule has 140 valence electrons. The number of benzene rings is 2. The Morgan fingerprint density at radius 3 is 2.38 bits per heavy atom. The number of β-amino-alcohol motifs (C(OH)–C–C–N with tert-alkyl or cyclic N) is 1. The summed E-state index contributed by atoms with van der Waals surface area (Å²) in [6.07, 6.45) is 0.291. The molecule has 2 N–H and O–H groups in total. The zero-order valence-electron chi connectivity index (χ0n) is 15.1. The Kier molecular flexibility index (Phi) is 5.91. The average molecular weight is 359 g/mol. The van der Waals surface area contributed by atoms with Gasteiger partial charge in [-0.25, -0.2) is 4.39 Å². The Bertz CT molecular complexity index is 711. The van der Waals surface area contributed by atoms with Crippen LogP contribution < -0.4 is 4.74 Å². The molecule has 5 heteroatoms. The maximum Gasteiger partial charge on any atom is 0.129 e. The number of likely N-dealkylation sites (tertiary alicyclic amines) is 1. The second-order valence-corrected chi connectivity index (χ2v) is 6.83. The second kappa shape index (κ2) is 8.16. The molecule has 0 radical (unpaired) electrons. The Balaban J connectivity index is 1.57. The molecule has 2 aromatic carbocycles. The van der Waals surface area contributed by atoms with E-state index in [4.69, 9.17) is 4.74 Å². The van der Waals surface area contributed by atoms with Gasteiger partial charge in [0.2, 0.25) is 0 Å². The Hall–Kier alpha value is -1.95. The minimum atomic E-state index is -1.13. The van der Waals surface area contributed by atoms with Crippen molar-refractivity contribution in [3.8, 4) is 5.75 Å². The van der Waals surface area contributed by atoms with Crippen LogP contribution in [0.3, 0.4) is 0 Å². The Morgan fingerprint density at radius 1 is 1.12 bits per heavy atom. The minimum Gasteiger partial charge on any atom is -0.494 e. The number of rotatable bonds is 6. The molecule has 0 saturated carbocycles. The second-order valence-electron chi connectivity index (χ2n) is 6.83. The molecule has 0 aromatic heterocycles. The fraction of sp³-hybridized carbons (Fsp3) is 0.429. The van der Waals surface area contributed by atoms with Crippen molar-refractivity contribution >= 4 is 0 Å². The smallest absolute Gasteiger partial charge is 0.129 e. The highest BCUT2D eigenvalue weighted by Crippen LogP contribution is 2.34. The molecule has 26 heavy (non-hydrogen) atoms. The molecular formula is C21H26FNO3. The van der Waals surface area contributed by atoms with E-state index in [1.54, 1.807) is 18.2 Å². The number of nitrogens with zero attached hydrogens (tertiary/aromatic N) is 1. The first-order valence-electron chi connectivity index (χ1n) is 9.12. The third-order valence-electron chi connectivity index (χ3n) is 5.07. The summed E-state index contributed by atoms with van der Waals surface area (Å²) in [7, 11) is 0. The number of ether oxygens (including phenoxy) is 1. The van der Waals surface area contributed by atoms with Crippen LogP contribution >= 0.6 is 0 Å². The molecule has 0 aliphatic carbocycles. The summed E-state index contributed by atoms with van der Waals surface area (Å²) >= 11 is 0. The SMILES string of the molecule is CCOc1ccc(C(O)CN2CCC(O)(c3ccccc3F)CC2)cc1. The number of hydrogen-bond acceptors (Lipinski definition) is 4. The highest BCUT2D eigenvalue weighted by molar-refractivity contribution is 5.29. The van der Waals surface area contributed by atoms with Crippen molar-refractivity contribution in [3.05, 3.63) is 65.5 Å². The molecule has 2 aromatic rings. The van der Waals surface area contributed by atoms with Crippen molar-refractivity contribution < 1.29 is 19.3 Å². The first-order chi connectivity index (χ1) is 12.5. The van der Waals surface area contributed by atoms with Gasteiger partial charge < -0.3 is 19.8 Å². The predicted molar refractivity (Wildman–Crippen MR) is 98.5 cm³/mol. The number of hydrogen-bond donors (Lipinski definition) is 2. The topological polar surface area (TPSA) is 52.9 Å². The summed E-state index contributed by atoms with van der Waals surface area (Å²) in [6.45, 7) is 4.25. The molecule has 1 aliphatic rings. The van der Waals surface area contributed by atoms with Crippen molar-refractivity contribution in [2.45, 2.75) is 31.5 Å². The summed E-state index contributed by atoms with van der Waals surface area (Å²) < 4.78 is 19.4. The maximum absolute atomic E-state index is 14.0. The number of halogens is 1. The maximum atomic E-state index is 14.0. The lowest BCUT2D eigenvalue weighted by atomic mass is 9.84. The van der Waals surface area contributed by atoms with E-state index in [2.05, 4.69) is 4.90 Å². The Morgan fingerprint density at radius 2 is 1.77 bits per heavy atom. The quantitative estimate of drug-likeness (QED) is 0.831. The van der Waals surface area contributed by atoms with Crippen LogP contribution in [0.2, 0.25) is 0 Å². The largest absolute Gasteiger partial charge is 0.494 e. The van der Waals surface area contributed by atoms with Crippen LogP contribution in [0.1, 0.15) is 37.0 Å². The van der Waals surface area contributed by atoms with Crippen LogP contribution in [-0.4, -0.2) is 41.4 Å². The summed E-state index contributed by atoms with van der Waals surface area (Å²) in [5.41, 5.74) is 0.0708. The van der Waals surface area contributed by atoms with Gasteiger partial charge in [0.05, 0.1) is 18.3 Å². The van der Waals surface area contributed by atoms with E-state index in [1.807, 2.05) is 31.2 Å². The zero-order chi connectivity index (χ0) is 18.6. The van der Waals surface area contributed by atoms with Gasteiger partial charge in [-0.05, 0) is 43.5 Å². The van der Waals surface area contributed by atoms with Crippen LogP contribution in [0.15, 0.2) is 48.5 Å². The van der Waals surface area contributed by atoms with E-state index in [9.17, 15) is 14.6 Å². The molecule has 0 spiro atoms. The van der Waals surface area contributed by atoms with Gasteiger partial charge >= 0.3 is 0 Å². The Labute approximate surface area is 153 Å². The molecule has 1 aliphatic heterocycles. The van der Waals surface area contributed by atoms with Gasteiger partial charge in [0, 0.05) is 25.2 Å². The molecule has 0 bridgehead atoms. The van der Waals surface area contributed by atoms with Gasteiger partial charge in [-0.15, -0.1) is 0 Å². The number of aliphatic hydroxyl groups is 2. The number of aliphatic hydroxyl groups excluding tert-OH is 1. The van der Waals surface area contributed by atoms with Crippen LogP contribution in [0, 0.1) is 5.82 Å². The van der Waals surface area contributed by atoms with E-state index >= 15 is 0 Å². The first kappa shape index (κ1) is 18.8. The van der Waals surface area contributed by atoms with E-state index < -0.39 is 11.7 Å². The minimum absolute atomic E-state index is 0.363. The summed E-state index contributed by atoms with van der Waals surface area (Å²) in [5, 5.41) is 21.3. The summed E-state index contributed by atoms with van der Waals surface area (Å²) in [6, 6.07) is 13.9. The highest BCUT2D eigenvalue weighted by Gasteiger charge is 2.36. The molecule has 3 rings (SSSR count). The lowest BCUT2D eigenvalue weighted by Gasteiger charge is -2.39.